The molecule has 0 saturated carbocycles. The molecule has 0 amide bonds. The zero-order valence-corrected chi connectivity index (χ0v) is 20.2. The van der Waals surface area contributed by atoms with Gasteiger partial charge in [-0.05, 0) is 85.7 Å². The lowest BCUT2D eigenvalue weighted by Crippen LogP contribution is -2.10. The van der Waals surface area contributed by atoms with Crippen LogP contribution in [0.5, 0.6) is 0 Å². The molecule has 0 bridgehead atoms. The van der Waals surface area contributed by atoms with E-state index < -0.39 is 0 Å². The lowest BCUT2D eigenvalue weighted by Gasteiger charge is -2.10. The fourth-order valence-corrected chi connectivity index (χ4v) is 4.62. The van der Waals surface area contributed by atoms with E-state index >= 15 is 0 Å². The van der Waals surface area contributed by atoms with Crippen LogP contribution >= 0.6 is 0 Å². The smallest absolute Gasteiger partial charge is 0.138 e. The van der Waals surface area contributed by atoms with Gasteiger partial charge in [-0.2, -0.15) is 5.10 Å². The Bertz CT molecular complexity index is 1710. The number of hydrogen-bond acceptors (Lipinski definition) is 5. The Kier molecular flexibility index (Phi) is 5.30. The van der Waals surface area contributed by atoms with Crippen LogP contribution in [0.1, 0.15) is 11.1 Å². The Hall–Kier alpha value is -4.43. The molecule has 0 unspecified atom stereocenters. The van der Waals surface area contributed by atoms with Crippen LogP contribution in [-0.2, 0) is 6.54 Å². The maximum Gasteiger partial charge on any atom is 0.138 e. The molecule has 6 aromatic rings. The van der Waals surface area contributed by atoms with Gasteiger partial charge in [0.15, 0.2) is 0 Å². The Morgan fingerprint density at radius 1 is 0.972 bits per heavy atom. The highest BCUT2D eigenvalue weighted by Crippen LogP contribution is 2.34. The van der Waals surface area contributed by atoms with Crippen LogP contribution in [-0.4, -0.2) is 49.1 Å². The van der Waals surface area contributed by atoms with Crippen LogP contribution in [0.15, 0.2) is 67.1 Å². The number of halogens is 1. The molecular weight excluding hydrogens is 453 g/mol. The van der Waals surface area contributed by atoms with Crippen molar-refractivity contribution in [1.82, 2.24) is 35.0 Å². The Balaban J connectivity index is 1.45. The molecule has 0 aliphatic carbocycles. The van der Waals surface area contributed by atoms with E-state index in [9.17, 15) is 4.39 Å². The molecule has 8 heteroatoms. The maximum atomic E-state index is 14.1. The van der Waals surface area contributed by atoms with E-state index in [0.29, 0.717) is 11.3 Å². The number of rotatable bonds is 5. The number of aromatic nitrogens is 6. The molecule has 5 aromatic heterocycles. The van der Waals surface area contributed by atoms with Crippen molar-refractivity contribution in [3.8, 4) is 33.8 Å². The van der Waals surface area contributed by atoms with E-state index in [1.807, 2.05) is 63.7 Å². The van der Waals surface area contributed by atoms with Crippen molar-refractivity contribution in [2.75, 3.05) is 14.1 Å². The average Bonchev–Trinajstić information content (AvgIpc) is 3.46. The first kappa shape index (κ1) is 22.1. The molecule has 0 fully saturated rings. The zero-order chi connectivity index (χ0) is 24.8. The quantitative estimate of drug-likeness (QED) is 0.331. The summed E-state index contributed by atoms with van der Waals surface area (Å²) >= 11 is 0. The van der Waals surface area contributed by atoms with Gasteiger partial charge in [-0.3, -0.25) is 10.1 Å². The molecule has 0 aliphatic rings. The van der Waals surface area contributed by atoms with Crippen molar-refractivity contribution in [2.45, 2.75) is 13.5 Å². The van der Waals surface area contributed by atoms with E-state index in [-0.39, 0.29) is 5.82 Å². The van der Waals surface area contributed by atoms with Crippen LogP contribution in [0.2, 0.25) is 0 Å². The zero-order valence-electron chi connectivity index (χ0n) is 20.2. The summed E-state index contributed by atoms with van der Waals surface area (Å²) in [5.41, 5.74) is 9.24. The molecule has 0 atom stereocenters. The minimum atomic E-state index is -0.259. The third-order valence-electron chi connectivity index (χ3n) is 6.14. The van der Waals surface area contributed by atoms with Gasteiger partial charge < -0.3 is 9.88 Å². The number of aromatic amines is 2. The van der Waals surface area contributed by atoms with Crippen molar-refractivity contribution in [2.24, 2.45) is 0 Å². The molecular formula is C28H24FN7. The van der Waals surface area contributed by atoms with Crippen LogP contribution < -0.4 is 0 Å². The minimum absolute atomic E-state index is 0.259. The van der Waals surface area contributed by atoms with Gasteiger partial charge in [0.05, 0.1) is 16.9 Å². The number of H-pyrrole nitrogens is 2. The van der Waals surface area contributed by atoms with E-state index in [1.54, 1.807) is 12.3 Å². The van der Waals surface area contributed by atoms with Gasteiger partial charge in [-0.1, -0.05) is 6.07 Å². The van der Waals surface area contributed by atoms with Crippen LogP contribution in [0.4, 0.5) is 4.39 Å². The normalized spacial score (nSPS) is 11.7. The molecule has 178 valence electrons. The molecule has 0 aliphatic heterocycles. The van der Waals surface area contributed by atoms with Gasteiger partial charge in [0, 0.05) is 36.1 Å². The predicted octanol–water partition coefficient (Wildman–Crippen LogP) is 5.74. The molecule has 2 N–H and O–H groups in total. The fourth-order valence-electron chi connectivity index (χ4n) is 4.62. The van der Waals surface area contributed by atoms with E-state index in [0.717, 1.165) is 62.2 Å². The average molecular weight is 478 g/mol. The molecule has 0 spiro atoms. The number of nitrogens with zero attached hydrogens (tertiary/aromatic N) is 5. The summed E-state index contributed by atoms with van der Waals surface area (Å²) < 4.78 is 14.1. The molecule has 0 saturated heterocycles. The van der Waals surface area contributed by atoms with Gasteiger partial charge in [0.25, 0.3) is 0 Å². The number of aryl methyl sites for hydroxylation is 1. The van der Waals surface area contributed by atoms with Crippen molar-refractivity contribution in [3.63, 3.8) is 0 Å². The number of nitrogens with one attached hydrogen (secondary N) is 2. The second-order valence-electron chi connectivity index (χ2n) is 9.31. The van der Waals surface area contributed by atoms with Crippen LogP contribution in [0.3, 0.4) is 0 Å². The highest BCUT2D eigenvalue weighted by Gasteiger charge is 2.16. The first-order chi connectivity index (χ1) is 17.4. The Morgan fingerprint density at radius 2 is 1.86 bits per heavy atom. The summed E-state index contributed by atoms with van der Waals surface area (Å²) in [5, 5.41) is 8.53. The molecule has 36 heavy (non-hydrogen) atoms. The third-order valence-corrected chi connectivity index (χ3v) is 6.14. The monoisotopic (exact) mass is 477 g/mol. The standard InChI is InChI=1S/C28H24FN7/c1-16-8-18(11-20(29)9-16)21-6-7-31-28-22(21)12-25(33-28)27-26-24(34-35-27)5-4-23(32-26)19-10-17(13-30-14-19)15-36(2)3/h4-14H,15H2,1-3H3,(H,31,33)(H,34,35). The summed E-state index contributed by atoms with van der Waals surface area (Å²) in [7, 11) is 4.07. The van der Waals surface area contributed by atoms with Gasteiger partial charge in [0.1, 0.15) is 22.7 Å². The second-order valence-corrected chi connectivity index (χ2v) is 9.31. The van der Waals surface area contributed by atoms with Crippen molar-refractivity contribution < 1.29 is 4.39 Å². The van der Waals surface area contributed by atoms with Gasteiger partial charge in [0.2, 0.25) is 0 Å². The van der Waals surface area contributed by atoms with E-state index in [4.69, 9.17) is 4.98 Å². The first-order valence-electron chi connectivity index (χ1n) is 11.6. The summed E-state index contributed by atoms with van der Waals surface area (Å²) in [6, 6.07) is 15.0. The topological polar surface area (TPSA) is 86.4 Å². The summed E-state index contributed by atoms with van der Waals surface area (Å²) in [5.74, 6) is -0.259. The largest absolute Gasteiger partial charge is 0.338 e. The molecule has 5 heterocycles. The van der Waals surface area contributed by atoms with E-state index in [2.05, 4.69) is 36.1 Å². The molecule has 6 rings (SSSR count). The minimum Gasteiger partial charge on any atom is -0.338 e. The number of pyridine rings is 3. The Morgan fingerprint density at radius 3 is 2.69 bits per heavy atom. The lowest BCUT2D eigenvalue weighted by atomic mass is 10.0. The van der Waals surface area contributed by atoms with Gasteiger partial charge in [-0.25, -0.2) is 14.4 Å². The number of fused-ring (bicyclic) bond motifs is 2. The van der Waals surface area contributed by atoms with Crippen LogP contribution in [0.25, 0.3) is 55.8 Å². The maximum absolute atomic E-state index is 14.1. The highest BCUT2D eigenvalue weighted by atomic mass is 19.1. The van der Waals surface area contributed by atoms with Crippen LogP contribution in [0, 0.1) is 12.7 Å². The molecule has 1 aromatic carbocycles. The summed E-state index contributed by atoms with van der Waals surface area (Å²) in [6.07, 6.45) is 5.43. The summed E-state index contributed by atoms with van der Waals surface area (Å²) in [6.45, 7) is 2.69. The van der Waals surface area contributed by atoms with Gasteiger partial charge >= 0.3 is 0 Å². The highest BCUT2D eigenvalue weighted by molar-refractivity contribution is 5.99. The van der Waals surface area contributed by atoms with Crippen molar-refractivity contribution in [1.29, 1.82) is 0 Å². The predicted molar refractivity (Wildman–Crippen MR) is 140 cm³/mol. The summed E-state index contributed by atoms with van der Waals surface area (Å²) in [4.78, 5) is 19.3. The molecule has 7 nitrogen and oxygen atoms in total. The third kappa shape index (κ3) is 4.01. The lowest BCUT2D eigenvalue weighted by molar-refractivity contribution is 0.402. The Labute approximate surface area is 207 Å². The van der Waals surface area contributed by atoms with E-state index in [1.165, 1.54) is 6.07 Å². The fraction of sp³-hybridized carbons (Fsp3) is 0.143. The second kappa shape index (κ2) is 8.66. The van der Waals surface area contributed by atoms with Crippen molar-refractivity contribution in [3.05, 3.63) is 84.1 Å². The number of benzene rings is 1. The SMILES string of the molecule is Cc1cc(F)cc(-c2ccnc3[nH]c(-c4n[nH]c5ccc(-c6cncc(CN(C)C)c6)nc45)cc23)c1. The first-order valence-corrected chi connectivity index (χ1v) is 11.6. The molecule has 0 radical (unpaired) electrons. The van der Waals surface area contributed by atoms with Gasteiger partial charge in [-0.15, -0.1) is 0 Å². The number of hydrogen-bond donors (Lipinski definition) is 2. The van der Waals surface area contributed by atoms with Crippen molar-refractivity contribution >= 4 is 22.1 Å².